The van der Waals surface area contributed by atoms with Crippen molar-refractivity contribution in [1.82, 2.24) is 10.3 Å². The maximum absolute atomic E-state index is 11.2. The topological polar surface area (TPSA) is 106 Å². The fraction of sp³-hybridized carbons (Fsp3) is 0.400. The van der Waals surface area contributed by atoms with Gasteiger partial charge in [0.1, 0.15) is 0 Å². The van der Waals surface area contributed by atoms with E-state index in [0.29, 0.717) is 12.3 Å². The molecule has 0 spiro atoms. The molecule has 0 fully saturated rings. The van der Waals surface area contributed by atoms with E-state index >= 15 is 0 Å². The summed E-state index contributed by atoms with van der Waals surface area (Å²) in [6.07, 6.45) is 1.26. The highest BCUT2D eigenvalue weighted by Crippen LogP contribution is 2.17. The standard InChI is InChI=1S/C10H14N4O4/c1-4-17-8(16)5-6(2)11-9-10(12-7(3)15)14-18-13-9/h5H,4H2,1-3H3,(H,11,13)(H,12,14,15)/b6-5+. The number of hydrogen-bond donors (Lipinski definition) is 2. The van der Waals surface area contributed by atoms with Gasteiger partial charge < -0.3 is 15.4 Å². The van der Waals surface area contributed by atoms with Gasteiger partial charge >= 0.3 is 5.97 Å². The summed E-state index contributed by atoms with van der Waals surface area (Å²) < 4.78 is 9.22. The van der Waals surface area contributed by atoms with Crippen molar-refractivity contribution in [2.45, 2.75) is 20.8 Å². The van der Waals surface area contributed by atoms with Gasteiger partial charge in [0.25, 0.3) is 0 Å². The van der Waals surface area contributed by atoms with Gasteiger partial charge in [-0.1, -0.05) is 0 Å². The molecule has 0 aromatic carbocycles. The van der Waals surface area contributed by atoms with Crippen molar-refractivity contribution in [3.8, 4) is 0 Å². The van der Waals surface area contributed by atoms with Gasteiger partial charge in [0, 0.05) is 18.7 Å². The fourth-order valence-corrected chi connectivity index (χ4v) is 1.10. The molecule has 8 heteroatoms. The minimum Gasteiger partial charge on any atom is -0.463 e. The summed E-state index contributed by atoms with van der Waals surface area (Å²) in [6, 6.07) is 0. The van der Waals surface area contributed by atoms with Gasteiger partial charge in [-0.3, -0.25) is 4.79 Å². The smallest absolute Gasteiger partial charge is 0.332 e. The molecule has 0 aliphatic heterocycles. The van der Waals surface area contributed by atoms with E-state index in [-0.39, 0.29) is 17.5 Å². The third-order valence-corrected chi connectivity index (χ3v) is 1.72. The number of carbonyl (C=O) groups excluding carboxylic acids is 2. The Balaban J connectivity index is 2.69. The Bertz CT molecular complexity index is 466. The number of anilines is 2. The molecule has 0 aliphatic rings. The molecular weight excluding hydrogens is 240 g/mol. The van der Waals surface area contributed by atoms with Gasteiger partial charge in [0.15, 0.2) is 0 Å². The second-order valence-corrected chi connectivity index (χ2v) is 3.35. The Labute approximate surface area is 103 Å². The van der Waals surface area contributed by atoms with Crippen molar-refractivity contribution in [3.63, 3.8) is 0 Å². The first kappa shape index (κ1) is 13.7. The third-order valence-electron chi connectivity index (χ3n) is 1.72. The molecule has 0 unspecified atom stereocenters. The molecule has 18 heavy (non-hydrogen) atoms. The molecule has 98 valence electrons. The summed E-state index contributed by atoms with van der Waals surface area (Å²) in [5.74, 6) is -0.414. The van der Waals surface area contributed by atoms with Crippen LogP contribution >= 0.6 is 0 Å². The van der Waals surface area contributed by atoms with E-state index in [0.717, 1.165) is 0 Å². The van der Waals surface area contributed by atoms with Crippen LogP contribution in [0.4, 0.5) is 11.6 Å². The number of aromatic nitrogens is 2. The average Bonchev–Trinajstić information content (AvgIpc) is 2.64. The highest BCUT2D eigenvalue weighted by atomic mass is 16.6. The first-order valence-corrected chi connectivity index (χ1v) is 5.25. The van der Waals surface area contributed by atoms with Crippen molar-refractivity contribution in [3.05, 3.63) is 11.8 Å². The number of nitrogens with zero attached hydrogens (tertiary/aromatic N) is 2. The maximum atomic E-state index is 11.2. The van der Waals surface area contributed by atoms with Gasteiger partial charge in [-0.2, -0.15) is 0 Å². The average molecular weight is 254 g/mol. The van der Waals surface area contributed by atoms with E-state index in [2.05, 4.69) is 25.6 Å². The van der Waals surface area contributed by atoms with Crippen LogP contribution in [0.2, 0.25) is 0 Å². The molecule has 1 amide bonds. The maximum Gasteiger partial charge on any atom is 0.332 e. The highest BCUT2D eigenvalue weighted by molar-refractivity contribution is 5.90. The van der Waals surface area contributed by atoms with Crippen LogP contribution in [0.3, 0.4) is 0 Å². The molecular formula is C10H14N4O4. The van der Waals surface area contributed by atoms with Crippen LogP contribution in [-0.2, 0) is 14.3 Å². The SMILES string of the molecule is CCOC(=O)/C=C(\C)Nc1nonc1NC(C)=O. The normalized spacial score (nSPS) is 10.9. The molecule has 8 nitrogen and oxygen atoms in total. The molecule has 0 bridgehead atoms. The van der Waals surface area contributed by atoms with Crippen LogP contribution < -0.4 is 10.6 Å². The van der Waals surface area contributed by atoms with Crippen LogP contribution in [0.25, 0.3) is 0 Å². The Kier molecular flexibility index (Phi) is 4.85. The Morgan fingerprint density at radius 1 is 1.28 bits per heavy atom. The van der Waals surface area contributed by atoms with E-state index in [1.807, 2.05) is 0 Å². The van der Waals surface area contributed by atoms with Crippen LogP contribution in [0.5, 0.6) is 0 Å². The van der Waals surface area contributed by atoms with Crippen molar-refractivity contribution < 1.29 is 19.0 Å². The predicted molar refractivity (Wildman–Crippen MR) is 62.6 cm³/mol. The molecule has 0 atom stereocenters. The van der Waals surface area contributed by atoms with E-state index in [4.69, 9.17) is 4.74 Å². The third kappa shape index (κ3) is 4.24. The van der Waals surface area contributed by atoms with Crippen molar-refractivity contribution in [2.75, 3.05) is 17.2 Å². The van der Waals surface area contributed by atoms with E-state index in [9.17, 15) is 9.59 Å². The van der Waals surface area contributed by atoms with Gasteiger partial charge in [0.2, 0.25) is 17.5 Å². The first-order chi connectivity index (χ1) is 8.52. The summed E-state index contributed by atoms with van der Waals surface area (Å²) in [7, 11) is 0. The molecule has 2 N–H and O–H groups in total. The lowest BCUT2D eigenvalue weighted by Crippen LogP contribution is -2.09. The van der Waals surface area contributed by atoms with Crippen LogP contribution in [0.1, 0.15) is 20.8 Å². The van der Waals surface area contributed by atoms with Crippen LogP contribution in [-0.4, -0.2) is 28.8 Å². The van der Waals surface area contributed by atoms with E-state index < -0.39 is 5.97 Å². The van der Waals surface area contributed by atoms with Crippen molar-refractivity contribution >= 4 is 23.5 Å². The fourth-order valence-electron chi connectivity index (χ4n) is 1.10. The molecule has 0 radical (unpaired) electrons. The zero-order valence-electron chi connectivity index (χ0n) is 10.3. The van der Waals surface area contributed by atoms with Gasteiger partial charge in [-0.25, -0.2) is 9.42 Å². The number of nitrogens with one attached hydrogen (secondary N) is 2. The first-order valence-electron chi connectivity index (χ1n) is 5.25. The number of carbonyl (C=O) groups is 2. The lowest BCUT2D eigenvalue weighted by atomic mass is 10.4. The Morgan fingerprint density at radius 3 is 2.44 bits per heavy atom. The number of ether oxygens (including phenoxy) is 1. The number of rotatable bonds is 5. The molecule has 1 rings (SSSR count). The zero-order chi connectivity index (χ0) is 13.5. The summed E-state index contributed by atoms with van der Waals surface area (Å²) in [4.78, 5) is 22.1. The minimum absolute atomic E-state index is 0.152. The largest absolute Gasteiger partial charge is 0.463 e. The van der Waals surface area contributed by atoms with Crippen LogP contribution in [0.15, 0.2) is 16.4 Å². The predicted octanol–water partition coefficient (Wildman–Crippen LogP) is 0.907. The Morgan fingerprint density at radius 2 is 1.89 bits per heavy atom. The van der Waals surface area contributed by atoms with Gasteiger partial charge in [-0.15, -0.1) is 0 Å². The van der Waals surface area contributed by atoms with Gasteiger partial charge in [-0.05, 0) is 24.2 Å². The number of esters is 1. The molecule has 1 heterocycles. The zero-order valence-corrected chi connectivity index (χ0v) is 10.3. The lowest BCUT2D eigenvalue weighted by Gasteiger charge is -2.04. The van der Waals surface area contributed by atoms with Crippen molar-refractivity contribution in [1.29, 1.82) is 0 Å². The molecule has 1 aromatic heterocycles. The number of amides is 1. The van der Waals surface area contributed by atoms with Crippen LogP contribution in [0, 0.1) is 0 Å². The molecule has 0 aliphatic carbocycles. The number of hydrogen-bond acceptors (Lipinski definition) is 7. The van der Waals surface area contributed by atoms with Gasteiger partial charge in [0.05, 0.1) is 6.61 Å². The molecule has 1 aromatic rings. The summed E-state index contributed by atoms with van der Waals surface area (Å²) >= 11 is 0. The number of allylic oxidation sites excluding steroid dienone is 1. The van der Waals surface area contributed by atoms with Crippen molar-refractivity contribution in [2.24, 2.45) is 0 Å². The monoisotopic (exact) mass is 254 g/mol. The second-order valence-electron chi connectivity index (χ2n) is 3.35. The lowest BCUT2D eigenvalue weighted by molar-refractivity contribution is -0.137. The molecule has 0 saturated heterocycles. The summed E-state index contributed by atoms with van der Waals surface area (Å²) in [5.41, 5.74) is 0.482. The molecule has 0 saturated carbocycles. The minimum atomic E-state index is -0.472. The Hall–Kier alpha value is -2.38. The van der Waals surface area contributed by atoms with E-state index in [1.165, 1.54) is 13.0 Å². The summed E-state index contributed by atoms with van der Waals surface area (Å²) in [5, 5.41) is 12.2. The highest BCUT2D eigenvalue weighted by Gasteiger charge is 2.11. The second kappa shape index (κ2) is 6.38. The quantitative estimate of drug-likeness (QED) is 0.594. The van der Waals surface area contributed by atoms with E-state index in [1.54, 1.807) is 13.8 Å². The summed E-state index contributed by atoms with van der Waals surface area (Å²) in [6.45, 7) is 4.99.